The Labute approximate surface area is 106 Å². The van der Waals surface area contributed by atoms with Gasteiger partial charge in [-0.3, -0.25) is 4.79 Å². The number of benzene rings is 1. The summed E-state index contributed by atoms with van der Waals surface area (Å²) in [5.74, 6) is -1.48. The van der Waals surface area contributed by atoms with Crippen LogP contribution in [-0.2, 0) is 14.8 Å². The highest BCUT2D eigenvalue weighted by molar-refractivity contribution is 7.90. The predicted molar refractivity (Wildman–Crippen MR) is 66.0 cm³/mol. The van der Waals surface area contributed by atoms with Crippen LogP contribution in [0.3, 0.4) is 0 Å². The van der Waals surface area contributed by atoms with Gasteiger partial charge in [-0.1, -0.05) is 19.4 Å². The summed E-state index contributed by atoms with van der Waals surface area (Å²) in [6.45, 7) is 3.54. The lowest BCUT2D eigenvalue weighted by atomic mass is 10.2. The van der Waals surface area contributed by atoms with Gasteiger partial charge in [-0.25, -0.2) is 17.5 Å². The van der Waals surface area contributed by atoms with Crippen LogP contribution in [0.5, 0.6) is 0 Å². The van der Waals surface area contributed by atoms with Crippen molar-refractivity contribution in [2.24, 2.45) is 0 Å². The Hall–Kier alpha value is -1.43. The van der Waals surface area contributed by atoms with E-state index in [1.807, 2.05) is 11.6 Å². The standard InChI is InChI=1S/C12H16FNO3S/c1-3-4-5-12(15)14-18(16,17)11-8-9(2)6-7-10(11)13/h6-8H,3-5H2,1-2H3,(H,14,15). The maximum absolute atomic E-state index is 13.4. The Morgan fingerprint density at radius 1 is 1.39 bits per heavy atom. The minimum absolute atomic E-state index is 0.114. The third-order valence-electron chi connectivity index (χ3n) is 2.38. The number of unbranched alkanes of at least 4 members (excludes halogenated alkanes) is 1. The summed E-state index contributed by atoms with van der Waals surface area (Å²) in [6, 6.07) is 3.73. The molecule has 0 bridgehead atoms. The van der Waals surface area contributed by atoms with Crippen LogP contribution in [0.1, 0.15) is 31.7 Å². The minimum atomic E-state index is -4.12. The molecule has 0 fully saturated rings. The number of amides is 1. The quantitative estimate of drug-likeness (QED) is 0.894. The van der Waals surface area contributed by atoms with Gasteiger partial charge in [0.1, 0.15) is 10.7 Å². The number of sulfonamides is 1. The topological polar surface area (TPSA) is 63.2 Å². The van der Waals surface area contributed by atoms with E-state index in [1.165, 1.54) is 12.1 Å². The van der Waals surface area contributed by atoms with Crippen molar-refractivity contribution >= 4 is 15.9 Å². The summed E-state index contributed by atoms with van der Waals surface area (Å²) < 4.78 is 38.9. The van der Waals surface area contributed by atoms with Gasteiger partial charge in [-0.15, -0.1) is 0 Å². The van der Waals surface area contributed by atoms with Gasteiger partial charge >= 0.3 is 0 Å². The summed E-state index contributed by atoms with van der Waals surface area (Å²) in [7, 11) is -4.12. The number of hydrogen-bond acceptors (Lipinski definition) is 3. The van der Waals surface area contributed by atoms with E-state index in [0.717, 1.165) is 12.5 Å². The molecular formula is C12H16FNO3S. The van der Waals surface area contributed by atoms with Crippen LogP contribution in [0.4, 0.5) is 4.39 Å². The molecule has 0 unspecified atom stereocenters. The van der Waals surface area contributed by atoms with E-state index in [9.17, 15) is 17.6 Å². The van der Waals surface area contributed by atoms with Gasteiger partial charge < -0.3 is 0 Å². The van der Waals surface area contributed by atoms with E-state index in [-0.39, 0.29) is 6.42 Å². The average Bonchev–Trinajstić information content (AvgIpc) is 2.29. The van der Waals surface area contributed by atoms with E-state index < -0.39 is 26.6 Å². The van der Waals surface area contributed by atoms with Crippen LogP contribution in [0.15, 0.2) is 23.1 Å². The van der Waals surface area contributed by atoms with Gasteiger partial charge in [-0.2, -0.15) is 0 Å². The molecule has 0 aliphatic rings. The maximum atomic E-state index is 13.4. The summed E-state index contributed by atoms with van der Waals surface area (Å²) in [5, 5.41) is 0. The van der Waals surface area contributed by atoms with Crippen molar-refractivity contribution in [1.82, 2.24) is 4.72 Å². The van der Waals surface area contributed by atoms with Crippen molar-refractivity contribution in [3.63, 3.8) is 0 Å². The van der Waals surface area contributed by atoms with Crippen LogP contribution in [0, 0.1) is 12.7 Å². The summed E-state index contributed by atoms with van der Waals surface area (Å²) in [6.07, 6.45) is 1.49. The Morgan fingerprint density at radius 2 is 2.06 bits per heavy atom. The van der Waals surface area contributed by atoms with Crippen molar-refractivity contribution < 1.29 is 17.6 Å². The molecule has 0 saturated heterocycles. The normalized spacial score (nSPS) is 11.3. The van der Waals surface area contributed by atoms with Crippen LogP contribution in [0.25, 0.3) is 0 Å². The lowest BCUT2D eigenvalue weighted by Crippen LogP contribution is -2.31. The van der Waals surface area contributed by atoms with Gasteiger partial charge in [0.05, 0.1) is 0 Å². The molecule has 0 spiro atoms. The first kappa shape index (κ1) is 14.6. The molecule has 0 aliphatic carbocycles. The molecule has 18 heavy (non-hydrogen) atoms. The zero-order valence-corrected chi connectivity index (χ0v) is 11.2. The van der Waals surface area contributed by atoms with Crippen molar-refractivity contribution in [1.29, 1.82) is 0 Å². The first-order valence-corrected chi connectivity index (χ1v) is 7.17. The number of nitrogens with one attached hydrogen (secondary N) is 1. The Kier molecular flexibility index (Phi) is 4.84. The van der Waals surface area contributed by atoms with Gasteiger partial charge in [-0.05, 0) is 31.0 Å². The minimum Gasteiger partial charge on any atom is -0.274 e. The fourth-order valence-electron chi connectivity index (χ4n) is 1.41. The van der Waals surface area contributed by atoms with Gasteiger partial charge in [0.25, 0.3) is 10.0 Å². The molecule has 1 amide bonds. The lowest BCUT2D eigenvalue weighted by Gasteiger charge is -2.08. The molecule has 0 radical (unpaired) electrons. The maximum Gasteiger partial charge on any atom is 0.266 e. The second kappa shape index (κ2) is 5.95. The number of carbonyl (C=O) groups excluding carboxylic acids is 1. The van der Waals surface area contributed by atoms with Gasteiger partial charge in [0.15, 0.2) is 0 Å². The van der Waals surface area contributed by atoms with E-state index >= 15 is 0 Å². The second-order valence-corrected chi connectivity index (χ2v) is 5.72. The summed E-state index contributed by atoms with van der Waals surface area (Å²) >= 11 is 0. The molecule has 6 heteroatoms. The molecule has 0 saturated carbocycles. The largest absolute Gasteiger partial charge is 0.274 e. The van der Waals surface area contributed by atoms with E-state index in [2.05, 4.69) is 0 Å². The van der Waals surface area contributed by atoms with E-state index in [0.29, 0.717) is 12.0 Å². The molecule has 0 heterocycles. The van der Waals surface area contributed by atoms with Crippen molar-refractivity contribution in [3.8, 4) is 0 Å². The van der Waals surface area contributed by atoms with Crippen LogP contribution < -0.4 is 4.72 Å². The third-order valence-corrected chi connectivity index (χ3v) is 3.77. The monoisotopic (exact) mass is 273 g/mol. The Bertz CT molecular complexity index is 540. The predicted octanol–water partition coefficient (Wildman–Crippen LogP) is 2.13. The summed E-state index contributed by atoms with van der Waals surface area (Å²) in [5.41, 5.74) is 0.609. The number of halogens is 1. The number of rotatable bonds is 5. The van der Waals surface area contributed by atoms with E-state index in [4.69, 9.17) is 0 Å². The number of carbonyl (C=O) groups is 1. The molecule has 1 aromatic carbocycles. The molecule has 0 aromatic heterocycles. The number of aryl methyl sites for hydroxylation is 1. The highest BCUT2D eigenvalue weighted by atomic mass is 32.2. The zero-order valence-electron chi connectivity index (χ0n) is 10.4. The van der Waals surface area contributed by atoms with Crippen LogP contribution in [-0.4, -0.2) is 14.3 Å². The van der Waals surface area contributed by atoms with Crippen molar-refractivity contribution in [2.45, 2.75) is 38.0 Å². The molecule has 1 N–H and O–H groups in total. The lowest BCUT2D eigenvalue weighted by molar-refractivity contribution is -0.119. The zero-order chi connectivity index (χ0) is 13.8. The molecule has 0 atom stereocenters. The SMILES string of the molecule is CCCCC(=O)NS(=O)(=O)c1cc(C)ccc1F. The fourth-order valence-corrected chi connectivity index (χ4v) is 2.59. The number of hydrogen-bond donors (Lipinski definition) is 1. The first-order valence-electron chi connectivity index (χ1n) is 5.68. The molecule has 4 nitrogen and oxygen atoms in total. The Balaban J connectivity index is 2.93. The molecular weight excluding hydrogens is 257 g/mol. The van der Waals surface area contributed by atoms with Gasteiger partial charge in [0, 0.05) is 6.42 Å². The Morgan fingerprint density at radius 3 is 2.67 bits per heavy atom. The highest BCUT2D eigenvalue weighted by Gasteiger charge is 2.21. The molecule has 1 aromatic rings. The smallest absolute Gasteiger partial charge is 0.266 e. The van der Waals surface area contributed by atoms with Gasteiger partial charge in [0.2, 0.25) is 5.91 Å². The van der Waals surface area contributed by atoms with Crippen LogP contribution in [0.2, 0.25) is 0 Å². The first-order chi connectivity index (χ1) is 8.36. The van der Waals surface area contributed by atoms with Crippen molar-refractivity contribution in [3.05, 3.63) is 29.6 Å². The van der Waals surface area contributed by atoms with Crippen molar-refractivity contribution in [2.75, 3.05) is 0 Å². The molecule has 1 rings (SSSR count). The second-order valence-electron chi connectivity index (χ2n) is 4.07. The summed E-state index contributed by atoms with van der Waals surface area (Å²) in [4.78, 5) is 10.9. The average molecular weight is 273 g/mol. The van der Waals surface area contributed by atoms with Crippen LogP contribution >= 0.6 is 0 Å². The molecule has 0 aliphatic heterocycles. The highest BCUT2D eigenvalue weighted by Crippen LogP contribution is 2.16. The third kappa shape index (κ3) is 3.80. The van der Waals surface area contributed by atoms with E-state index in [1.54, 1.807) is 6.92 Å². The molecule has 100 valence electrons. The fraction of sp³-hybridized carbons (Fsp3) is 0.417.